The van der Waals surface area contributed by atoms with Crippen LogP contribution in [0.4, 0.5) is 8.78 Å². The Bertz CT molecular complexity index is 691. The van der Waals surface area contributed by atoms with Crippen molar-refractivity contribution in [2.24, 2.45) is 0 Å². The second kappa shape index (κ2) is 6.60. The first-order valence-electron chi connectivity index (χ1n) is 6.88. The van der Waals surface area contributed by atoms with E-state index in [-0.39, 0.29) is 11.7 Å². The normalized spacial score (nSPS) is 12.0. The number of carbonyl (C=O) groups is 1. The molecule has 0 spiro atoms. The Balaban J connectivity index is 2.12. The zero-order chi connectivity index (χ0) is 16.3. The smallest absolute Gasteiger partial charge is 0.275 e. The van der Waals surface area contributed by atoms with Crippen LogP contribution in [0.15, 0.2) is 30.6 Å². The highest BCUT2D eigenvalue weighted by molar-refractivity contribution is 5.92. The van der Waals surface area contributed by atoms with Crippen molar-refractivity contribution in [3.05, 3.63) is 59.2 Å². The number of carbonyl (C=O) groups excluding carboxylic acids is 1. The van der Waals surface area contributed by atoms with Gasteiger partial charge in [0.05, 0.1) is 6.20 Å². The molecule has 0 fully saturated rings. The maximum Gasteiger partial charge on any atom is 0.275 e. The first-order valence-corrected chi connectivity index (χ1v) is 6.88. The molecule has 0 aliphatic carbocycles. The fourth-order valence-electron chi connectivity index (χ4n) is 2.09. The zero-order valence-corrected chi connectivity index (χ0v) is 12.7. The summed E-state index contributed by atoms with van der Waals surface area (Å²) >= 11 is 0. The number of hydrogen-bond donors (Lipinski definition) is 0. The second-order valence-electron chi connectivity index (χ2n) is 5.28. The van der Waals surface area contributed by atoms with Gasteiger partial charge in [-0.2, -0.15) is 0 Å². The van der Waals surface area contributed by atoms with E-state index < -0.39 is 17.5 Å². The van der Waals surface area contributed by atoms with Gasteiger partial charge in [-0.1, -0.05) is 0 Å². The van der Waals surface area contributed by atoms with Crippen LogP contribution in [0, 0.1) is 18.6 Å². The van der Waals surface area contributed by atoms with E-state index in [1.807, 2.05) is 26.0 Å². The summed E-state index contributed by atoms with van der Waals surface area (Å²) in [5.41, 5.74) is 1.55. The van der Waals surface area contributed by atoms with Gasteiger partial charge < -0.3 is 4.90 Å². The Labute approximate surface area is 127 Å². The molecule has 1 amide bonds. The number of nitrogens with zero attached hydrogens (tertiary/aromatic N) is 3. The third-order valence-electron chi connectivity index (χ3n) is 3.47. The number of amides is 1. The summed E-state index contributed by atoms with van der Waals surface area (Å²) in [5, 5.41) is 0. The average Bonchev–Trinajstić information content (AvgIpc) is 2.45. The molecule has 0 aromatic carbocycles. The zero-order valence-electron chi connectivity index (χ0n) is 12.7. The lowest BCUT2D eigenvalue weighted by Crippen LogP contribution is -2.37. The molecule has 0 aliphatic rings. The minimum atomic E-state index is -0.960. The van der Waals surface area contributed by atoms with E-state index >= 15 is 0 Å². The minimum absolute atomic E-state index is 0.201. The topological polar surface area (TPSA) is 46.1 Å². The molecule has 6 heteroatoms. The van der Waals surface area contributed by atoms with E-state index in [9.17, 15) is 13.6 Å². The number of rotatable bonds is 4. The highest BCUT2D eigenvalue weighted by Crippen LogP contribution is 2.13. The van der Waals surface area contributed by atoms with Crippen LogP contribution in [0.25, 0.3) is 0 Å². The van der Waals surface area contributed by atoms with Crippen molar-refractivity contribution in [3.63, 3.8) is 0 Å². The molecule has 0 bridgehead atoms. The SMILES string of the molecule is Cc1ccnc(CC(C)N(C)C(=O)c2ncc(F)cc2F)c1. The van der Waals surface area contributed by atoms with Crippen LogP contribution >= 0.6 is 0 Å². The van der Waals surface area contributed by atoms with Gasteiger partial charge in [-0.3, -0.25) is 9.78 Å². The van der Waals surface area contributed by atoms with Gasteiger partial charge in [0.2, 0.25) is 0 Å². The summed E-state index contributed by atoms with van der Waals surface area (Å²) in [7, 11) is 1.56. The van der Waals surface area contributed by atoms with Crippen LogP contribution in [-0.2, 0) is 6.42 Å². The number of aryl methyl sites for hydroxylation is 1. The molecule has 116 valence electrons. The summed E-state index contributed by atoms with van der Waals surface area (Å²) in [6.45, 7) is 3.80. The number of likely N-dealkylation sites (N-methyl/N-ethyl adjacent to an activating group) is 1. The second-order valence-corrected chi connectivity index (χ2v) is 5.28. The van der Waals surface area contributed by atoms with Gasteiger partial charge >= 0.3 is 0 Å². The molecule has 2 aromatic heterocycles. The molecule has 2 aromatic rings. The molecule has 0 saturated heterocycles. The van der Waals surface area contributed by atoms with Gasteiger partial charge in [0.25, 0.3) is 5.91 Å². The molecule has 0 N–H and O–H groups in total. The Hall–Kier alpha value is -2.37. The fourth-order valence-corrected chi connectivity index (χ4v) is 2.09. The van der Waals surface area contributed by atoms with Gasteiger partial charge in [0, 0.05) is 37.5 Å². The van der Waals surface area contributed by atoms with Gasteiger partial charge in [-0.15, -0.1) is 0 Å². The largest absolute Gasteiger partial charge is 0.337 e. The summed E-state index contributed by atoms with van der Waals surface area (Å²) in [6, 6.07) is 4.28. The van der Waals surface area contributed by atoms with Crippen LogP contribution in [0.5, 0.6) is 0 Å². The Morgan fingerprint density at radius 2 is 2.05 bits per heavy atom. The third-order valence-corrected chi connectivity index (χ3v) is 3.47. The summed E-state index contributed by atoms with van der Waals surface area (Å²) < 4.78 is 26.5. The van der Waals surface area contributed by atoms with Crippen molar-refractivity contribution in [2.75, 3.05) is 7.05 Å². The predicted octanol–water partition coefficient (Wildman–Crippen LogP) is 2.77. The molecule has 1 atom stereocenters. The molecule has 0 radical (unpaired) electrons. The molecule has 1 unspecified atom stereocenters. The van der Waals surface area contributed by atoms with Gasteiger partial charge in [-0.25, -0.2) is 13.8 Å². The highest BCUT2D eigenvalue weighted by atomic mass is 19.1. The van der Waals surface area contributed by atoms with Crippen molar-refractivity contribution in [1.82, 2.24) is 14.9 Å². The van der Waals surface area contributed by atoms with E-state index in [4.69, 9.17) is 0 Å². The molecular formula is C16H17F2N3O. The Morgan fingerprint density at radius 1 is 1.32 bits per heavy atom. The molecule has 0 aliphatic heterocycles. The Morgan fingerprint density at radius 3 is 2.68 bits per heavy atom. The minimum Gasteiger partial charge on any atom is -0.337 e. The fraction of sp³-hybridized carbons (Fsp3) is 0.312. The van der Waals surface area contributed by atoms with Crippen molar-refractivity contribution in [2.45, 2.75) is 26.3 Å². The predicted molar refractivity (Wildman–Crippen MR) is 78.4 cm³/mol. The van der Waals surface area contributed by atoms with Crippen LogP contribution in [0.1, 0.15) is 28.7 Å². The van der Waals surface area contributed by atoms with Crippen molar-refractivity contribution >= 4 is 5.91 Å². The van der Waals surface area contributed by atoms with E-state index in [1.54, 1.807) is 13.2 Å². The van der Waals surface area contributed by atoms with Gasteiger partial charge in [0.1, 0.15) is 5.82 Å². The van der Waals surface area contributed by atoms with Crippen LogP contribution < -0.4 is 0 Å². The molecule has 2 heterocycles. The molecular weight excluding hydrogens is 288 g/mol. The van der Waals surface area contributed by atoms with E-state index in [0.29, 0.717) is 12.5 Å². The Kier molecular flexibility index (Phi) is 4.80. The lowest BCUT2D eigenvalue weighted by molar-refractivity contribution is 0.0731. The van der Waals surface area contributed by atoms with Gasteiger partial charge in [-0.05, 0) is 31.5 Å². The highest BCUT2D eigenvalue weighted by Gasteiger charge is 2.22. The van der Waals surface area contributed by atoms with Crippen molar-refractivity contribution < 1.29 is 13.6 Å². The average molecular weight is 305 g/mol. The van der Waals surface area contributed by atoms with Crippen molar-refractivity contribution in [3.8, 4) is 0 Å². The summed E-state index contributed by atoms with van der Waals surface area (Å²) in [4.78, 5) is 21.4. The molecule has 22 heavy (non-hydrogen) atoms. The van der Waals surface area contributed by atoms with E-state index in [2.05, 4.69) is 9.97 Å². The monoisotopic (exact) mass is 305 g/mol. The third kappa shape index (κ3) is 3.63. The van der Waals surface area contributed by atoms with Gasteiger partial charge in [0.15, 0.2) is 11.5 Å². The standard InChI is InChI=1S/C16H17F2N3O/c1-10-4-5-19-13(6-10)7-11(2)21(3)16(22)15-14(18)8-12(17)9-20-15/h4-6,8-9,11H,7H2,1-3H3. The molecule has 2 rings (SSSR count). The number of aromatic nitrogens is 2. The summed E-state index contributed by atoms with van der Waals surface area (Å²) in [5.74, 6) is -2.36. The number of hydrogen-bond acceptors (Lipinski definition) is 3. The van der Waals surface area contributed by atoms with Crippen LogP contribution in [-0.4, -0.2) is 33.9 Å². The maximum atomic E-state index is 13.6. The van der Waals surface area contributed by atoms with E-state index in [1.165, 1.54) is 4.90 Å². The quantitative estimate of drug-likeness (QED) is 0.872. The first-order chi connectivity index (χ1) is 10.4. The number of halogens is 2. The first kappa shape index (κ1) is 16.0. The summed E-state index contributed by atoms with van der Waals surface area (Å²) in [6.07, 6.45) is 3.07. The molecule has 4 nitrogen and oxygen atoms in total. The lowest BCUT2D eigenvalue weighted by atomic mass is 10.1. The van der Waals surface area contributed by atoms with Crippen LogP contribution in [0.2, 0.25) is 0 Å². The molecule has 0 saturated carbocycles. The maximum absolute atomic E-state index is 13.6. The van der Waals surface area contributed by atoms with E-state index in [0.717, 1.165) is 17.5 Å². The van der Waals surface area contributed by atoms with Crippen molar-refractivity contribution in [1.29, 1.82) is 0 Å². The lowest BCUT2D eigenvalue weighted by Gasteiger charge is -2.24. The van der Waals surface area contributed by atoms with Crippen LogP contribution in [0.3, 0.4) is 0 Å². The number of pyridine rings is 2.